The number of carbonyl (C=O) groups excluding carboxylic acids is 1. The van der Waals surface area contributed by atoms with Gasteiger partial charge in [0.15, 0.2) is 0 Å². The fourth-order valence-electron chi connectivity index (χ4n) is 3.41. The minimum Gasteiger partial charge on any atom is -0.469 e. The van der Waals surface area contributed by atoms with Gasteiger partial charge in [0.25, 0.3) is 0 Å². The van der Waals surface area contributed by atoms with Crippen LogP contribution in [0, 0.1) is 5.92 Å². The number of esters is 1. The third-order valence-corrected chi connectivity index (χ3v) is 4.35. The minimum absolute atomic E-state index is 0.0925. The van der Waals surface area contributed by atoms with Gasteiger partial charge in [-0.25, -0.2) is 0 Å². The van der Waals surface area contributed by atoms with Crippen molar-refractivity contribution in [1.82, 2.24) is 0 Å². The average Bonchev–Trinajstić information content (AvgIpc) is 2.81. The van der Waals surface area contributed by atoms with E-state index in [-0.39, 0.29) is 23.7 Å². The van der Waals surface area contributed by atoms with Gasteiger partial charge < -0.3 is 4.74 Å². The first-order valence-corrected chi connectivity index (χ1v) is 6.95. The van der Waals surface area contributed by atoms with Gasteiger partial charge in [0.1, 0.15) is 0 Å². The third kappa shape index (κ3) is 1.92. The Kier molecular flexibility index (Phi) is 3.31. The summed E-state index contributed by atoms with van der Waals surface area (Å²) >= 11 is 0. The number of hydrogen-bond acceptors (Lipinski definition) is 2. The Balaban J connectivity index is 2.14. The molecule has 0 heterocycles. The van der Waals surface area contributed by atoms with E-state index in [1.807, 2.05) is 30.3 Å². The molecule has 20 heavy (non-hydrogen) atoms. The molecule has 1 aliphatic rings. The number of ether oxygens (including phenoxy) is 1. The molecule has 0 aliphatic heterocycles. The Bertz CT molecular complexity index is 618. The molecule has 2 aromatic rings. The molecule has 0 spiro atoms. The maximum absolute atomic E-state index is 12.3. The summed E-state index contributed by atoms with van der Waals surface area (Å²) < 4.78 is 5.05. The summed E-state index contributed by atoms with van der Waals surface area (Å²) in [5, 5.41) is 0. The molecule has 0 radical (unpaired) electrons. The summed E-state index contributed by atoms with van der Waals surface area (Å²) in [5.41, 5.74) is 3.69. The molecule has 0 bridgehead atoms. The molecule has 2 heteroatoms. The van der Waals surface area contributed by atoms with Crippen LogP contribution in [0.25, 0.3) is 0 Å². The molecule has 1 aliphatic carbocycles. The minimum atomic E-state index is -0.139. The summed E-state index contributed by atoms with van der Waals surface area (Å²) in [6.45, 7) is 2.11. The van der Waals surface area contributed by atoms with Gasteiger partial charge in [0.05, 0.1) is 13.0 Å². The predicted molar refractivity (Wildman–Crippen MR) is 78.6 cm³/mol. The molecular weight excluding hydrogens is 248 g/mol. The van der Waals surface area contributed by atoms with Gasteiger partial charge in [-0.2, -0.15) is 0 Å². The lowest BCUT2D eigenvalue weighted by Crippen LogP contribution is -2.23. The summed E-state index contributed by atoms with van der Waals surface area (Å²) in [5.74, 6) is 0.0149. The van der Waals surface area contributed by atoms with Crippen LogP contribution in [0.2, 0.25) is 0 Å². The molecule has 2 nitrogen and oxygen atoms in total. The van der Waals surface area contributed by atoms with E-state index in [2.05, 4.69) is 31.2 Å². The van der Waals surface area contributed by atoms with E-state index in [4.69, 9.17) is 4.74 Å². The van der Waals surface area contributed by atoms with Crippen molar-refractivity contribution in [1.29, 1.82) is 0 Å². The van der Waals surface area contributed by atoms with Crippen molar-refractivity contribution in [3.05, 3.63) is 71.3 Å². The Hall–Kier alpha value is -2.09. The van der Waals surface area contributed by atoms with Crippen molar-refractivity contribution in [2.45, 2.75) is 18.8 Å². The summed E-state index contributed by atoms with van der Waals surface area (Å²) in [7, 11) is 1.47. The van der Waals surface area contributed by atoms with Crippen LogP contribution in [0.1, 0.15) is 35.4 Å². The highest BCUT2D eigenvalue weighted by Gasteiger charge is 2.43. The Labute approximate surface area is 119 Å². The van der Waals surface area contributed by atoms with E-state index in [1.54, 1.807) is 0 Å². The van der Waals surface area contributed by atoms with Gasteiger partial charge in [-0.15, -0.1) is 0 Å². The fourth-order valence-corrected chi connectivity index (χ4v) is 3.41. The van der Waals surface area contributed by atoms with Crippen molar-refractivity contribution in [2.75, 3.05) is 7.11 Å². The van der Waals surface area contributed by atoms with Gasteiger partial charge in [-0.1, -0.05) is 61.5 Å². The summed E-state index contributed by atoms with van der Waals surface area (Å²) in [4.78, 5) is 12.3. The number of fused-ring (bicyclic) bond motifs is 1. The van der Waals surface area contributed by atoms with Crippen LogP contribution in [-0.2, 0) is 9.53 Å². The van der Waals surface area contributed by atoms with E-state index >= 15 is 0 Å². The van der Waals surface area contributed by atoms with Crippen molar-refractivity contribution in [2.24, 2.45) is 5.92 Å². The normalized spacial score (nSPS) is 24.2. The standard InChI is InChI=1S/C18H18O2/c1-12-14-10-6-7-11-15(14)17(16(12)18(19)20-2)13-8-4-3-5-9-13/h3-12,16-17H,1-2H3/t12-,16-,17-/m1/s1. The van der Waals surface area contributed by atoms with Crippen molar-refractivity contribution < 1.29 is 9.53 Å². The first-order valence-electron chi connectivity index (χ1n) is 6.95. The van der Waals surface area contributed by atoms with E-state index < -0.39 is 0 Å². The van der Waals surface area contributed by atoms with Crippen LogP contribution in [0.4, 0.5) is 0 Å². The van der Waals surface area contributed by atoms with E-state index in [9.17, 15) is 4.79 Å². The van der Waals surface area contributed by atoms with Gasteiger partial charge in [-0.3, -0.25) is 4.79 Å². The zero-order chi connectivity index (χ0) is 14.1. The second-order valence-electron chi connectivity index (χ2n) is 5.35. The average molecular weight is 266 g/mol. The first kappa shape index (κ1) is 12.9. The lowest BCUT2D eigenvalue weighted by Gasteiger charge is -2.21. The van der Waals surface area contributed by atoms with Gasteiger partial charge in [0, 0.05) is 5.92 Å². The highest BCUT2D eigenvalue weighted by molar-refractivity contribution is 5.78. The zero-order valence-electron chi connectivity index (χ0n) is 11.7. The summed E-state index contributed by atoms with van der Waals surface area (Å²) in [6.07, 6.45) is 0. The van der Waals surface area contributed by atoms with Crippen molar-refractivity contribution in [3.63, 3.8) is 0 Å². The zero-order valence-corrected chi connectivity index (χ0v) is 11.7. The summed E-state index contributed by atoms with van der Waals surface area (Å²) in [6, 6.07) is 18.6. The van der Waals surface area contributed by atoms with Crippen molar-refractivity contribution in [3.8, 4) is 0 Å². The second kappa shape index (κ2) is 5.12. The molecule has 0 unspecified atom stereocenters. The number of rotatable bonds is 2. The second-order valence-corrected chi connectivity index (χ2v) is 5.35. The molecule has 0 N–H and O–H groups in total. The number of carbonyl (C=O) groups is 1. The third-order valence-electron chi connectivity index (χ3n) is 4.35. The number of methoxy groups -OCH3 is 1. The monoisotopic (exact) mass is 266 g/mol. The lowest BCUT2D eigenvalue weighted by molar-refractivity contribution is -0.146. The van der Waals surface area contributed by atoms with Crippen molar-refractivity contribution >= 4 is 5.97 Å². The van der Waals surface area contributed by atoms with E-state index in [0.29, 0.717) is 0 Å². The molecular formula is C18H18O2. The topological polar surface area (TPSA) is 26.3 Å². The molecule has 0 saturated carbocycles. The highest BCUT2D eigenvalue weighted by Crippen LogP contribution is 2.49. The van der Waals surface area contributed by atoms with E-state index in [1.165, 1.54) is 23.8 Å². The van der Waals surface area contributed by atoms with Gasteiger partial charge in [0.2, 0.25) is 0 Å². The highest BCUT2D eigenvalue weighted by atomic mass is 16.5. The number of benzene rings is 2. The fraction of sp³-hybridized carbons (Fsp3) is 0.278. The molecule has 3 atom stereocenters. The molecule has 0 saturated heterocycles. The Morgan fingerprint density at radius 2 is 1.55 bits per heavy atom. The van der Waals surface area contributed by atoms with Gasteiger partial charge >= 0.3 is 5.97 Å². The molecule has 102 valence electrons. The lowest BCUT2D eigenvalue weighted by atomic mass is 9.83. The Morgan fingerprint density at radius 3 is 2.20 bits per heavy atom. The number of hydrogen-bond donors (Lipinski definition) is 0. The molecule has 0 fully saturated rings. The largest absolute Gasteiger partial charge is 0.469 e. The van der Waals surface area contributed by atoms with Crippen LogP contribution < -0.4 is 0 Å². The van der Waals surface area contributed by atoms with Crippen LogP contribution in [0.5, 0.6) is 0 Å². The molecule has 3 rings (SSSR count). The maximum Gasteiger partial charge on any atom is 0.310 e. The SMILES string of the molecule is COC(=O)[C@H]1[C@H](c2ccccc2)c2ccccc2[C@H]1C. The quantitative estimate of drug-likeness (QED) is 0.774. The molecule has 0 amide bonds. The van der Waals surface area contributed by atoms with Crippen LogP contribution in [-0.4, -0.2) is 13.1 Å². The maximum atomic E-state index is 12.3. The van der Waals surface area contributed by atoms with Crippen LogP contribution in [0.15, 0.2) is 54.6 Å². The van der Waals surface area contributed by atoms with Crippen LogP contribution in [0.3, 0.4) is 0 Å². The Morgan fingerprint density at radius 1 is 0.950 bits per heavy atom. The van der Waals surface area contributed by atoms with Gasteiger partial charge in [-0.05, 0) is 22.6 Å². The predicted octanol–water partition coefficient (Wildman–Crippen LogP) is 3.72. The first-order chi connectivity index (χ1) is 9.74. The molecule has 0 aromatic heterocycles. The van der Waals surface area contributed by atoms with Crippen LogP contribution >= 0.6 is 0 Å². The van der Waals surface area contributed by atoms with E-state index in [0.717, 1.165) is 0 Å². The smallest absolute Gasteiger partial charge is 0.310 e. The molecule has 2 aromatic carbocycles.